The number of carbonyl (C=O) groups is 2. The van der Waals surface area contributed by atoms with Crippen LogP contribution in [0.15, 0.2) is 66.7 Å². The molecular formula is C33H47NO7. The summed E-state index contributed by atoms with van der Waals surface area (Å²) < 4.78 is 28.9. The number of hydrogen-bond acceptors (Lipinski definition) is 7. The van der Waals surface area contributed by atoms with Crippen molar-refractivity contribution in [1.29, 1.82) is 0 Å². The molecule has 0 saturated heterocycles. The van der Waals surface area contributed by atoms with Crippen molar-refractivity contribution in [2.75, 3.05) is 26.9 Å². The van der Waals surface area contributed by atoms with Crippen LogP contribution in [0, 0.1) is 12.8 Å². The zero-order chi connectivity index (χ0) is 30.4. The number of rotatable bonds is 16. The van der Waals surface area contributed by atoms with Crippen LogP contribution in [-0.2, 0) is 41.5 Å². The highest BCUT2D eigenvalue weighted by Crippen LogP contribution is 2.23. The number of aryl methyl sites for hydroxylation is 1. The van der Waals surface area contributed by atoms with E-state index in [1.165, 1.54) is 12.7 Å². The lowest BCUT2D eigenvalue weighted by Gasteiger charge is -2.32. The van der Waals surface area contributed by atoms with Crippen LogP contribution in [0.5, 0.6) is 0 Å². The molecule has 0 spiro atoms. The molecule has 0 aliphatic carbocycles. The van der Waals surface area contributed by atoms with Crippen LogP contribution >= 0.6 is 0 Å². The van der Waals surface area contributed by atoms with Crippen molar-refractivity contribution in [2.45, 2.75) is 78.4 Å². The van der Waals surface area contributed by atoms with Gasteiger partial charge in [0.15, 0.2) is 6.04 Å². The Morgan fingerprint density at radius 2 is 1.61 bits per heavy atom. The van der Waals surface area contributed by atoms with E-state index in [4.69, 9.17) is 23.7 Å². The minimum atomic E-state index is -1.03. The van der Waals surface area contributed by atoms with Crippen molar-refractivity contribution in [3.63, 3.8) is 0 Å². The second-order valence-electron chi connectivity index (χ2n) is 11.4. The van der Waals surface area contributed by atoms with Gasteiger partial charge in [-0.1, -0.05) is 72.3 Å². The van der Waals surface area contributed by atoms with Crippen LogP contribution in [-0.4, -0.2) is 62.8 Å². The van der Waals surface area contributed by atoms with Gasteiger partial charge in [-0.15, -0.1) is 0 Å². The predicted molar refractivity (Wildman–Crippen MR) is 160 cm³/mol. The predicted octanol–water partition coefficient (Wildman–Crippen LogP) is 5.80. The van der Waals surface area contributed by atoms with Gasteiger partial charge in [0.2, 0.25) is 0 Å². The average molecular weight is 570 g/mol. The molecule has 0 fully saturated rings. The van der Waals surface area contributed by atoms with E-state index < -0.39 is 23.7 Å². The van der Waals surface area contributed by atoms with Crippen molar-refractivity contribution < 1.29 is 33.3 Å². The van der Waals surface area contributed by atoms with Gasteiger partial charge < -0.3 is 29.0 Å². The molecule has 0 unspecified atom stereocenters. The van der Waals surface area contributed by atoms with Gasteiger partial charge >= 0.3 is 12.1 Å². The van der Waals surface area contributed by atoms with E-state index in [1.54, 1.807) is 20.8 Å². The van der Waals surface area contributed by atoms with Crippen molar-refractivity contribution in [1.82, 2.24) is 5.32 Å². The molecular weight excluding hydrogens is 522 g/mol. The molecule has 8 nitrogen and oxygen atoms in total. The summed E-state index contributed by atoms with van der Waals surface area (Å²) in [6.07, 6.45) is -0.682. The molecule has 0 aliphatic heterocycles. The van der Waals surface area contributed by atoms with Gasteiger partial charge in [0, 0.05) is 5.92 Å². The van der Waals surface area contributed by atoms with E-state index in [-0.39, 0.29) is 31.3 Å². The number of esters is 1. The number of hydrogen-bond donors (Lipinski definition) is 1. The van der Waals surface area contributed by atoms with Crippen molar-refractivity contribution in [2.24, 2.45) is 5.92 Å². The smallest absolute Gasteiger partial charge is 0.408 e. The molecule has 0 bridgehead atoms. The summed E-state index contributed by atoms with van der Waals surface area (Å²) in [6.45, 7) is 16.2. The quantitative estimate of drug-likeness (QED) is 0.202. The fraction of sp³-hybridized carbons (Fsp3) is 0.515. The molecule has 8 heteroatoms. The summed E-state index contributed by atoms with van der Waals surface area (Å²) in [6, 6.07) is 17.3. The van der Waals surface area contributed by atoms with E-state index in [9.17, 15) is 9.59 Å². The summed E-state index contributed by atoms with van der Waals surface area (Å²) in [7, 11) is 1.26. The molecule has 1 amide bonds. The molecule has 2 aromatic carbocycles. The molecule has 0 aromatic heterocycles. The number of benzene rings is 2. The Balaban J connectivity index is 2.22. The van der Waals surface area contributed by atoms with Gasteiger partial charge in [0.05, 0.1) is 45.7 Å². The first-order valence-electron chi connectivity index (χ1n) is 14.0. The van der Waals surface area contributed by atoms with Gasteiger partial charge in [-0.3, -0.25) is 0 Å². The van der Waals surface area contributed by atoms with E-state index in [0.29, 0.717) is 19.6 Å². The van der Waals surface area contributed by atoms with Crippen LogP contribution in [0.1, 0.15) is 51.3 Å². The maximum absolute atomic E-state index is 12.4. The lowest BCUT2D eigenvalue weighted by atomic mass is 9.91. The third-order valence-corrected chi connectivity index (χ3v) is 6.22. The lowest BCUT2D eigenvalue weighted by molar-refractivity contribution is -0.145. The Kier molecular flexibility index (Phi) is 14.0. The molecule has 41 heavy (non-hydrogen) atoms. The molecule has 2 aromatic rings. The second kappa shape index (κ2) is 16.9. The largest absolute Gasteiger partial charge is 0.467 e. The van der Waals surface area contributed by atoms with Crippen LogP contribution in [0.4, 0.5) is 4.79 Å². The highest BCUT2D eigenvalue weighted by molar-refractivity contribution is 5.81. The van der Waals surface area contributed by atoms with Gasteiger partial charge in [0.25, 0.3) is 0 Å². The number of nitrogens with one attached hydrogen (secondary N) is 1. The minimum Gasteiger partial charge on any atom is -0.467 e. The van der Waals surface area contributed by atoms with Gasteiger partial charge in [-0.05, 0) is 59.1 Å². The molecule has 226 valence electrons. The summed E-state index contributed by atoms with van der Waals surface area (Å²) in [4.78, 5) is 24.8. The Hall–Kier alpha value is -3.20. The Bertz CT molecular complexity index is 1080. The standard InChI is InChI=1S/C33H47NO7/c1-23(2)19-40-30(25(4)39-20-27-12-10-9-11-13-27)28(18-26-16-14-24(3)15-17-26)21-38-22-29(31(35)37-8)34-32(36)41-33(5,6)7/h9-17,25,28-30H,1,18-22H2,2-8H3,(H,34,36)/t25-,28-,29-,30-/m0/s1. The van der Waals surface area contributed by atoms with Crippen LogP contribution in [0.3, 0.4) is 0 Å². The molecule has 4 atom stereocenters. The number of alkyl carbamates (subject to hydrolysis) is 1. The minimum absolute atomic E-state index is 0.0945. The molecule has 0 aliphatic rings. The highest BCUT2D eigenvalue weighted by Gasteiger charge is 2.31. The van der Waals surface area contributed by atoms with Crippen molar-refractivity contribution in [3.05, 3.63) is 83.4 Å². The number of carbonyl (C=O) groups excluding carboxylic acids is 2. The van der Waals surface area contributed by atoms with E-state index in [0.717, 1.165) is 16.7 Å². The zero-order valence-electron chi connectivity index (χ0n) is 25.6. The van der Waals surface area contributed by atoms with Gasteiger partial charge in [0.1, 0.15) is 5.60 Å². The molecule has 0 radical (unpaired) electrons. The van der Waals surface area contributed by atoms with Gasteiger partial charge in [-0.2, -0.15) is 0 Å². The molecule has 2 rings (SSSR count). The average Bonchev–Trinajstić information content (AvgIpc) is 2.91. The second-order valence-corrected chi connectivity index (χ2v) is 11.4. The SMILES string of the molecule is C=C(C)CO[C@H]([C@H](COC[C@H](NC(=O)OC(C)(C)C)C(=O)OC)Cc1ccc(C)cc1)[C@H](C)OCc1ccccc1. The van der Waals surface area contributed by atoms with Crippen LogP contribution in [0.2, 0.25) is 0 Å². The highest BCUT2D eigenvalue weighted by atomic mass is 16.6. The lowest BCUT2D eigenvalue weighted by Crippen LogP contribution is -2.47. The molecule has 1 N–H and O–H groups in total. The molecule has 0 saturated carbocycles. The fourth-order valence-electron chi connectivity index (χ4n) is 4.18. The summed E-state index contributed by atoms with van der Waals surface area (Å²) >= 11 is 0. The maximum Gasteiger partial charge on any atom is 0.408 e. The number of amides is 1. The molecule has 0 heterocycles. The summed E-state index contributed by atoms with van der Waals surface area (Å²) in [5, 5.41) is 2.56. The normalized spacial score (nSPS) is 14.4. The first kappa shape index (κ1) is 34.0. The third kappa shape index (κ3) is 13.3. The fourth-order valence-corrected chi connectivity index (χ4v) is 4.18. The van der Waals surface area contributed by atoms with Crippen molar-refractivity contribution >= 4 is 12.1 Å². The maximum atomic E-state index is 12.4. The zero-order valence-corrected chi connectivity index (χ0v) is 25.6. The van der Waals surface area contributed by atoms with Crippen LogP contribution < -0.4 is 5.32 Å². The first-order chi connectivity index (χ1) is 19.4. The first-order valence-corrected chi connectivity index (χ1v) is 14.0. The van der Waals surface area contributed by atoms with E-state index in [2.05, 4.69) is 36.2 Å². The Labute approximate surface area is 245 Å². The Morgan fingerprint density at radius 1 is 0.951 bits per heavy atom. The van der Waals surface area contributed by atoms with Crippen LogP contribution in [0.25, 0.3) is 0 Å². The summed E-state index contributed by atoms with van der Waals surface area (Å²) in [5.74, 6) is -0.761. The number of ether oxygens (including phenoxy) is 5. The van der Waals surface area contributed by atoms with E-state index >= 15 is 0 Å². The number of methoxy groups -OCH3 is 1. The summed E-state index contributed by atoms with van der Waals surface area (Å²) in [5.41, 5.74) is 3.55. The monoisotopic (exact) mass is 569 g/mol. The Morgan fingerprint density at radius 3 is 2.20 bits per heavy atom. The van der Waals surface area contributed by atoms with Crippen molar-refractivity contribution in [3.8, 4) is 0 Å². The van der Waals surface area contributed by atoms with E-state index in [1.807, 2.05) is 51.1 Å². The topological polar surface area (TPSA) is 92.3 Å². The third-order valence-electron chi connectivity index (χ3n) is 6.22. The van der Waals surface area contributed by atoms with Gasteiger partial charge in [-0.25, -0.2) is 9.59 Å².